The van der Waals surface area contributed by atoms with Crippen LogP contribution in [-0.2, 0) is 23.3 Å². The van der Waals surface area contributed by atoms with E-state index in [9.17, 15) is 9.59 Å². The molecule has 2 aliphatic rings. The van der Waals surface area contributed by atoms with Crippen molar-refractivity contribution in [1.82, 2.24) is 20.0 Å². The van der Waals surface area contributed by atoms with Crippen molar-refractivity contribution in [2.45, 2.75) is 96.3 Å². The first-order valence-electron chi connectivity index (χ1n) is 12.5. The number of ether oxygens (including phenoxy) is 1. The Morgan fingerprint density at radius 2 is 1.85 bits per heavy atom. The molecule has 1 aromatic carbocycles. The molecule has 184 valence electrons. The summed E-state index contributed by atoms with van der Waals surface area (Å²) >= 11 is 0. The van der Waals surface area contributed by atoms with Crippen LogP contribution in [0, 0.1) is 0 Å². The smallest absolute Gasteiger partial charge is 0.273 e. The Morgan fingerprint density at radius 3 is 2.50 bits per heavy atom. The van der Waals surface area contributed by atoms with E-state index in [2.05, 4.69) is 26.1 Å². The minimum atomic E-state index is -1.07. The summed E-state index contributed by atoms with van der Waals surface area (Å²) in [6, 6.07) is 9.69. The maximum absolute atomic E-state index is 13.9. The number of nitrogens with zero attached hydrogens (tertiary/aromatic N) is 3. The average Bonchev–Trinajstić information content (AvgIpc) is 3.07. The second-order valence-corrected chi connectivity index (χ2v) is 11.0. The molecule has 1 atom stereocenters. The molecule has 1 saturated carbocycles. The van der Waals surface area contributed by atoms with Gasteiger partial charge in [0.25, 0.3) is 5.91 Å². The van der Waals surface area contributed by atoms with Gasteiger partial charge in [-0.15, -0.1) is 0 Å². The van der Waals surface area contributed by atoms with Crippen molar-refractivity contribution in [2.24, 2.45) is 0 Å². The van der Waals surface area contributed by atoms with Crippen LogP contribution in [0.5, 0.6) is 5.75 Å². The van der Waals surface area contributed by atoms with Crippen molar-refractivity contribution in [3.63, 3.8) is 0 Å². The molecule has 0 radical (unpaired) electrons. The Morgan fingerprint density at radius 1 is 1.18 bits per heavy atom. The van der Waals surface area contributed by atoms with Gasteiger partial charge in [0.2, 0.25) is 5.91 Å². The van der Waals surface area contributed by atoms with E-state index in [0.717, 1.165) is 36.9 Å². The van der Waals surface area contributed by atoms with E-state index in [1.807, 2.05) is 37.3 Å². The van der Waals surface area contributed by atoms with Crippen LogP contribution >= 0.6 is 0 Å². The van der Waals surface area contributed by atoms with Crippen molar-refractivity contribution in [2.75, 3.05) is 7.11 Å². The first kappa shape index (κ1) is 24.3. The van der Waals surface area contributed by atoms with E-state index >= 15 is 0 Å². The second kappa shape index (κ2) is 9.43. The van der Waals surface area contributed by atoms with Gasteiger partial charge in [0, 0.05) is 17.0 Å². The highest BCUT2D eigenvalue weighted by atomic mass is 16.5. The molecule has 1 N–H and O–H groups in total. The van der Waals surface area contributed by atoms with Gasteiger partial charge in [-0.2, -0.15) is 5.10 Å². The molecule has 4 rings (SSSR count). The van der Waals surface area contributed by atoms with Crippen LogP contribution in [0.15, 0.2) is 30.3 Å². The number of carbonyl (C=O) groups excluding carboxylic acids is 2. The quantitative estimate of drug-likeness (QED) is 0.661. The van der Waals surface area contributed by atoms with Gasteiger partial charge in [-0.3, -0.25) is 14.3 Å². The second-order valence-electron chi connectivity index (χ2n) is 11.0. The van der Waals surface area contributed by atoms with Crippen molar-refractivity contribution in [3.05, 3.63) is 47.3 Å². The molecule has 1 aliphatic heterocycles. The van der Waals surface area contributed by atoms with Crippen LogP contribution in [0.25, 0.3) is 0 Å². The van der Waals surface area contributed by atoms with E-state index in [1.165, 1.54) is 12.8 Å². The number of amides is 2. The Bertz CT molecular complexity index is 1050. The normalized spacial score (nSPS) is 21.7. The minimum absolute atomic E-state index is 0.110. The molecule has 1 fully saturated rings. The molecule has 34 heavy (non-hydrogen) atoms. The molecule has 0 saturated heterocycles. The number of benzene rings is 1. The number of rotatable bonds is 5. The maximum atomic E-state index is 13.9. The molecule has 1 aliphatic carbocycles. The highest BCUT2D eigenvalue weighted by molar-refractivity contribution is 5.99. The zero-order valence-corrected chi connectivity index (χ0v) is 21.2. The molecular formula is C27H38N4O3. The Hall–Kier alpha value is -2.83. The molecule has 0 spiro atoms. The number of para-hydroxylation sites is 1. The molecule has 2 amide bonds. The lowest BCUT2D eigenvalue weighted by Crippen LogP contribution is -2.64. The number of hydrogen-bond donors (Lipinski definition) is 1. The Kier molecular flexibility index (Phi) is 6.74. The monoisotopic (exact) mass is 466 g/mol. The third-order valence-electron chi connectivity index (χ3n) is 7.27. The van der Waals surface area contributed by atoms with Crippen molar-refractivity contribution in [3.8, 4) is 5.75 Å². The highest BCUT2D eigenvalue weighted by Crippen LogP contribution is 2.33. The zero-order chi connectivity index (χ0) is 24.5. The van der Waals surface area contributed by atoms with Gasteiger partial charge in [0.05, 0.1) is 25.9 Å². The van der Waals surface area contributed by atoms with Crippen LogP contribution in [-0.4, -0.2) is 45.2 Å². The van der Waals surface area contributed by atoms with Gasteiger partial charge in [0.1, 0.15) is 17.0 Å². The third-order valence-corrected chi connectivity index (χ3v) is 7.27. The molecule has 7 heteroatoms. The predicted molar refractivity (Wildman–Crippen MR) is 132 cm³/mol. The van der Waals surface area contributed by atoms with Gasteiger partial charge < -0.3 is 15.0 Å². The topological polar surface area (TPSA) is 76.5 Å². The number of methoxy groups -OCH3 is 1. The number of fused-ring (bicyclic) bond motifs is 1. The van der Waals surface area contributed by atoms with Crippen LogP contribution in [0.2, 0.25) is 0 Å². The van der Waals surface area contributed by atoms with E-state index in [4.69, 9.17) is 9.84 Å². The summed E-state index contributed by atoms with van der Waals surface area (Å²) in [5.74, 6) is 0.413. The molecule has 7 nitrogen and oxygen atoms in total. The fraction of sp³-hybridized carbons (Fsp3) is 0.593. The number of hydrogen-bond acceptors (Lipinski definition) is 4. The lowest BCUT2D eigenvalue weighted by Gasteiger charge is -2.44. The fourth-order valence-electron chi connectivity index (χ4n) is 5.02. The zero-order valence-electron chi connectivity index (χ0n) is 21.2. The van der Waals surface area contributed by atoms with Gasteiger partial charge in [-0.25, -0.2) is 0 Å². The van der Waals surface area contributed by atoms with Gasteiger partial charge in [0.15, 0.2) is 0 Å². The van der Waals surface area contributed by atoms with Crippen molar-refractivity contribution < 1.29 is 14.3 Å². The van der Waals surface area contributed by atoms with Crippen molar-refractivity contribution in [1.29, 1.82) is 0 Å². The van der Waals surface area contributed by atoms with Gasteiger partial charge in [-0.1, -0.05) is 64.7 Å². The van der Waals surface area contributed by atoms with E-state index in [-0.39, 0.29) is 29.8 Å². The van der Waals surface area contributed by atoms with Crippen LogP contribution in [0.1, 0.15) is 88.0 Å². The fourth-order valence-corrected chi connectivity index (χ4v) is 5.02. The number of nitrogens with one attached hydrogen (secondary N) is 1. The number of aromatic nitrogens is 2. The summed E-state index contributed by atoms with van der Waals surface area (Å²) in [5, 5.41) is 8.05. The van der Waals surface area contributed by atoms with Gasteiger partial charge >= 0.3 is 0 Å². The highest BCUT2D eigenvalue weighted by Gasteiger charge is 2.49. The number of carbonyl (C=O) groups is 2. The van der Waals surface area contributed by atoms with E-state index in [0.29, 0.717) is 18.0 Å². The van der Waals surface area contributed by atoms with E-state index < -0.39 is 5.54 Å². The Balaban J connectivity index is 1.71. The molecule has 0 bridgehead atoms. The molecule has 2 heterocycles. The summed E-state index contributed by atoms with van der Waals surface area (Å²) < 4.78 is 7.28. The maximum Gasteiger partial charge on any atom is 0.273 e. The van der Waals surface area contributed by atoms with Gasteiger partial charge in [-0.05, 0) is 31.9 Å². The summed E-state index contributed by atoms with van der Waals surface area (Å²) in [4.78, 5) is 29.4. The minimum Gasteiger partial charge on any atom is -0.496 e. The standard InChI is InChI=1S/C27H38N4O3/c1-26(2,3)23-16-21-24(32)30(17-19-12-10-11-15-22(19)34-5)27(4,18-31(21)29-23)25(33)28-20-13-8-6-7-9-14-20/h10-12,15-16,20H,6-9,13-14,17-18H2,1-5H3,(H,28,33)/t27-/m0/s1. The molecule has 1 aromatic heterocycles. The molecule has 0 unspecified atom stereocenters. The van der Waals surface area contributed by atoms with Crippen LogP contribution in [0.3, 0.4) is 0 Å². The lowest BCUT2D eigenvalue weighted by atomic mass is 9.91. The summed E-state index contributed by atoms with van der Waals surface area (Å²) in [6.07, 6.45) is 6.67. The third kappa shape index (κ3) is 4.70. The molecule has 2 aromatic rings. The SMILES string of the molecule is COc1ccccc1CN1C(=O)c2cc(C(C)(C)C)nn2C[C@@]1(C)C(=O)NC1CCCCCC1. The van der Waals surface area contributed by atoms with Crippen LogP contribution in [0.4, 0.5) is 0 Å². The average molecular weight is 467 g/mol. The summed E-state index contributed by atoms with van der Waals surface area (Å²) in [7, 11) is 1.62. The lowest BCUT2D eigenvalue weighted by molar-refractivity contribution is -0.134. The largest absolute Gasteiger partial charge is 0.496 e. The van der Waals surface area contributed by atoms with Crippen LogP contribution < -0.4 is 10.1 Å². The summed E-state index contributed by atoms with van der Waals surface area (Å²) in [5.41, 5.74) is 0.979. The summed E-state index contributed by atoms with van der Waals surface area (Å²) in [6.45, 7) is 8.71. The molecular weight excluding hydrogens is 428 g/mol. The van der Waals surface area contributed by atoms with E-state index in [1.54, 1.807) is 16.7 Å². The first-order valence-corrected chi connectivity index (χ1v) is 12.5. The van der Waals surface area contributed by atoms with Crippen molar-refractivity contribution >= 4 is 11.8 Å². The predicted octanol–water partition coefficient (Wildman–Crippen LogP) is 4.44. The first-order chi connectivity index (χ1) is 16.1. The Labute approximate surface area is 202 Å².